The summed E-state index contributed by atoms with van der Waals surface area (Å²) in [6.45, 7) is 6.18. The van der Waals surface area contributed by atoms with E-state index in [9.17, 15) is 8.42 Å². The highest BCUT2D eigenvalue weighted by atomic mass is 32.2. The third-order valence-electron chi connectivity index (χ3n) is 4.37. The Morgan fingerprint density at radius 1 is 1.25 bits per heavy atom. The summed E-state index contributed by atoms with van der Waals surface area (Å²) in [6, 6.07) is 4.11. The number of anilines is 2. The Morgan fingerprint density at radius 2 is 2.00 bits per heavy atom. The van der Waals surface area contributed by atoms with Gasteiger partial charge in [0.15, 0.2) is 0 Å². The van der Waals surface area contributed by atoms with Crippen molar-refractivity contribution in [2.45, 2.75) is 24.8 Å². The van der Waals surface area contributed by atoms with Gasteiger partial charge in [0.25, 0.3) is 5.22 Å². The number of pyridine rings is 1. The van der Waals surface area contributed by atoms with Gasteiger partial charge in [0.1, 0.15) is 21.4 Å². The topological polar surface area (TPSA) is 88.3 Å². The Morgan fingerprint density at radius 3 is 2.64 bits per heavy atom. The molecule has 1 aliphatic rings. The molecule has 1 saturated heterocycles. The molecule has 7 nitrogen and oxygen atoms in total. The van der Waals surface area contributed by atoms with Gasteiger partial charge in [-0.2, -0.15) is 11.8 Å². The highest BCUT2D eigenvalue weighted by Gasteiger charge is 2.15. The molecule has 2 aromatic heterocycles. The number of aryl methyl sites for hydroxylation is 2. The van der Waals surface area contributed by atoms with Gasteiger partial charge in [-0.15, -0.1) is 0 Å². The summed E-state index contributed by atoms with van der Waals surface area (Å²) >= 11 is 3.48. The number of hydrogen-bond acceptors (Lipinski definition) is 9. The maximum absolute atomic E-state index is 11.4. The molecule has 0 saturated carbocycles. The smallest absolute Gasteiger partial charge is 0.256 e. The van der Waals surface area contributed by atoms with Crippen LogP contribution in [0, 0.1) is 13.8 Å². The summed E-state index contributed by atoms with van der Waals surface area (Å²) in [7, 11) is -3.01. The first-order chi connectivity index (χ1) is 13.3. The molecular weight excluding hydrogens is 416 g/mol. The summed E-state index contributed by atoms with van der Waals surface area (Å²) in [5, 5.41) is 3.80. The zero-order valence-corrected chi connectivity index (χ0v) is 18.8. The lowest BCUT2D eigenvalue weighted by atomic mass is 10.2. The van der Waals surface area contributed by atoms with Crippen LogP contribution in [-0.2, 0) is 15.6 Å². The van der Waals surface area contributed by atoms with Crippen molar-refractivity contribution < 1.29 is 12.8 Å². The van der Waals surface area contributed by atoms with Gasteiger partial charge in [0.05, 0.1) is 17.1 Å². The molecule has 0 aliphatic carbocycles. The van der Waals surface area contributed by atoms with Crippen LogP contribution in [0.25, 0.3) is 0 Å². The van der Waals surface area contributed by atoms with E-state index in [0.717, 1.165) is 47.4 Å². The molecule has 0 amide bonds. The van der Waals surface area contributed by atoms with Crippen molar-refractivity contribution in [1.29, 1.82) is 0 Å². The van der Waals surface area contributed by atoms with Crippen molar-refractivity contribution in [3.63, 3.8) is 0 Å². The van der Waals surface area contributed by atoms with Crippen molar-refractivity contribution in [3.8, 4) is 0 Å². The first kappa shape index (κ1) is 21.3. The fourth-order valence-corrected chi connectivity index (χ4v) is 4.93. The van der Waals surface area contributed by atoms with Gasteiger partial charge in [0.2, 0.25) is 0 Å². The van der Waals surface area contributed by atoms with Crippen LogP contribution in [0.15, 0.2) is 21.8 Å². The molecule has 1 N–H and O–H groups in total. The molecule has 0 atom stereocenters. The van der Waals surface area contributed by atoms with Gasteiger partial charge in [-0.25, -0.2) is 18.4 Å². The van der Waals surface area contributed by atoms with Gasteiger partial charge in [-0.1, -0.05) is 11.8 Å². The quantitative estimate of drug-likeness (QED) is 0.620. The lowest BCUT2D eigenvalue weighted by molar-refractivity contribution is 0.431. The van der Waals surface area contributed by atoms with E-state index in [0.29, 0.717) is 23.3 Å². The molecule has 28 heavy (non-hydrogen) atoms. The average Bonchev–Trinajstić information content (AvgIpc) is 2.97. The molecule has 10 heteroatoms. The molecule has 3 rings (SSSR count). The minimum absolute atomic E-state index is 0.0816. The minimum Gasteiger partial charge on any atom is -0.437 e. The zero-order chi connectivity index (χ0) is 20.1. The predicted molar refractivity (Wildman–Crippen MR) is 118 cm³/mol. The van der Waals surface area contributed by atoms with Crippen LogP contribution in [-0.4, -0.2) is 61.5 Å². The molecule has 0 radical (unpaired) electrons. The van der Waals surface area contributed by atoms with Crippen LogP contribution >= 0.6 is 23.5 Å². The standard InChI is InChI=1S/C18H26N4O3S3/c1-13-14(2)25-18(20-13)27-12-15-10-16(22-5-7-26-8-6-22)11-17(21-15)19-4-9-28(3,23)24/h10-11H,4-9,12H2,1-3H3,(H,19,21). The fourth-order valence-electron chi connectivity index (χ4n) is 2.75. The minimum atomic E-state index is -3.01. The van der Waals surface area contributed by atoms with E-state index in [-0.39, 0.29) is 5.75 Å². The second kappa shape index (κ2) is 9.41. The highest BCUT2D eigenvalue weighted by molar-refractivity contribution is 7.99. The molecule has 1 aliphatic heterocycles. The van der Waals surface area contributed by atoms with E-state index >= 15 is 0 Å². The molecule has 0 spiro atoms. The van der Waals surface area contributed by atoms with Crippen LogP contribution in [0.2, 0.25) is 0 Å². The van der Waals surface area contributed by atoms with Gasteiger partial charge >= 0.3 is 0 Å². The van der Waals surface area contributed by atoms with Crippen LogP contribution in [0.1, 0.15) is 17.1 Å². The van der Waals surface area contributed by atoms with Gasteiger partial charge in [-0.05, 0) is 19.9 Å². The molecule has 0 unspecified atom stereocenters. The van der Waals surface area contributed by atoms with Crippen molar-refractivity contribution >= 4 is 44.9 Å². The van der Waals surface area contributed by atoms with Crippen LogP contribution in [0.5, 0.6) is 0 Å². The summed E-state index contributed by atoms with van der Waals surface area (Å²) in [6.07, 6.45) is 1.24. The summed E-state index contributed by atoms with van der Waals surface area (Å²) in [4.78, 5) is 11.4. The first-order valence-electron chi connectivity index (χ1n) is 9.12. The van der Waals surface area contributed by atoms with Gasteiger partial charge < -0.3 is 14.6 Å². The number of aromatic nitrogens is 2. The SMILES string of the molecule is Cc1nc(SCc2cc(N3CCSCC3)cc(NCCS(C)(=O)=O)n2)oc1C. The van der Waals surface area contributed by atoms with Crippen molar-refractivity contribution in [2.24, 2.45) is 0 Å². The number of nitrogens with zero attached hydrogens (tertiary/aromatic N) is 3. The number of rotatable bonds is 8. The number of sulfone groups is 1. The zero-order valence-electron chi connectivity index (χ0n) is 16.4. The number of oxazole rings is 1. The molecule has 0 bridgehead atoms. The Labute approximate surface area is 175 Å². The van der Waals surface area contributed by atoms with E-state index in [1.54, 1.807) is 0 Å². The summed E-state index contributed by atoms with van der Waals surface area (Å²) in [5.41, 5.74) is 2.93. The molecule has 3 heterocycles. The molecule has 1 fully saturated rings. The predicted octanol–water partition coefficient (Wildman–Crippen LogP) is 2.99. The normalized spacial score (nSPS) is 15.0. The maximum atomic E-state index is 11.4. The van der Waals surface area contributed by atoms with Crippen LogP contribution in [0.4, 0.5) is 11.5 Å². The molecule has 154 valence electrons. The van der Waals surface area contributed by atoms with E-state index < -0.39 is 9.84 Å². The summed E-state index contributed by atoms with van der Waals surface area (Å²) in [5.74, 6) is 4.47. The van der Waals surface area contributed by atoms with E-state index in [1.807, 2.05) is 31.7 Å². The lowest BCUT2D eigenvalue weighted by Crippen LogP contribution is -2.32. The largest absolute Gasteiger partial charge is 0.437 e. The number of thioether (sulfide) groups is 2. The Balaban J connectivity index is 1.75. The van der Waals surface area contributed by atoms with Gasteiger partial charge in [0, 0.05) is 54.9 Å². The highest BCUT2D eigenvalue weighted by Crippen LogP contribution is 2.28. The number of hydrogen-bond donors (Lipinski definition) is 1. The van der Waals surface area contributed by atoms with Crippen LogP contribution < -0.4 is 10.2 Å². The first-order valence-corrected chi connectivity index (χ1v) is 13.3. The van der Waals surface area contributed by atoms with Gasteiger partial charge in [-0.3, -0.25) is 0 Å². The molecule has 2 aromatic rings. The van der Waals surface area contributed by atoms with Crippen molar-refractivity contribution in [2.75, 3.05) is 53.4 Å². The molecular formula is C18H26N4O3S3. The fraction of sp³-hybridized carbons (Fsp3) is 0.556. The van der Waals surface area contributed by atoms with E-state index in [4.69, 9.17) is 4.42 Å². The lowest BCUT2D eigenvalue weighted by Gasteiger charge is -2.29. The molecule has 0 aromatic carbocycles. The average molecular weight is 443 g/mol. The van der Waals surface area contributed by atoms with E-state index in [2.05, 4.69) is 26.3 Å². The Hall–Kier alpha value is -1.39. The number of nitrogens with one attached hydrogen (secondary N) is 1. The maximum Gasteiger partial charge on any atom is 0.256 e. The second-order valence-electron chi connectivity index (χ2n) is 6.77. The van der Waals surface area contributed by atoms with Crippen LogP contribution in [0.3, 0.4) is 0 Å². The van der Waals surface area contributed by atoms with E-state index in [1.165, 1.54) is 18.0 Å². The Bertz CT molecular complexity index is 889. The monoisotopic (exact) mass is 442 g/mol. The second-order valence-corrected chi connectivity index (χ2v) is 11.2. The van der Waals surface area contributed by atoms with Crippen molar-refractivity contribution in [3.05, 3.63) is 29.3 Å². The van der Waals surface area contributed by atoms with Crippen molar-refractivity contribution in [1.82, 2.24) is 9.97 Å². The third kappa shape index (κ3) is 6.31. The third-order valence-corrected chi connectivity index (χ3v) is 7.12. The Kier molecular flexibility index (Phi) is 7.16. The summed E-state index contributed by atoms with van der Waals surface area (Å²) < 4.78 is 28.4.